The number of carbonyl (C=O) groups is 1. The second-order valence-corrected chi connectivity index (χ2v) is 11.2. The molecule has 1 aromatic heterocycles. The van der Waals surface area contributed by atoms with Gasteiger partial charge in [0.05, 0.1) is 16.6 Å². The summed E-state index contributed by atoms with van der Waals surface area (Å²) in [5.74, 6) is -1.11. The van der Waals surface area contributed by atoms with Gasteiger partial charge >= 0.3 is 12.1 Å². The summed E-state index contributed by atoms with van der Waals surface area (Å²) in [6, 6.07) is 17.4. The zero-order chi connectivity index (χ0) is 29.2. The molecule has 0 spiro atoms. The molecule has 40 heavy (non-hydrogen) atoms. The van der Waals surface area contributed by atoms with E-state index >= 15 is 0 Å². The monoisotopic (exact) mass is 575 g/mol. The first kappa shape index (κ1) is 29.3. The molecule has 0 aliphatic rings. The Bertz CT molecular complexity index is 1630. The van der Waals surface area contributed by atoms with Crippen LogP contribution in [0.5, 0.6) is 0 Å². The predicted octanol–water partition coefficient (Wildman–Crippen LogP) is 4.31. The van der Waals surface area contributed by atoms with E-state index in [1.807, 2.05) is 19.1 Å². The normalized spacial score (nSPS) is 13.8. The Labute approximate surface area is 228 Å². The summed E-state index contributed by atoms with van der Waals surface area (Å²) in [4.78, 5) is 11.9. The number of primary sulfonamides is 1. The van der Waals surface area contributed by atoms with Gasteiger partial charge in [0.2, 0.25) is 10.0 Å². The Hall–Kier alpha value is -3.71. The Balaban J connectivity index is 1.46. The van der Waals surface area contributed by atoms with Gasteiger partial charge in [0, 0.05) is 30.0 Å². The minimum atomic E-state index is -4.49. The third-order valence-corrected chi connectivity index (χ3v) is 7.51. The van der Waals surface area contributed by atoms with E-state index in [-0.39, 0.29) is 35.3 Å². The zero-order valence-electron chi connectivity index (χ0n) is 21.4. The van der Waals surface area contributed by atoms with Crippen LogP contribution in [-0.2, 0) is 29.2 Å². The van der Waals surface area contributed by atoms with E-state index in [1.165, 1.54) is 24.3 Å². The molecule has 0 aliphatic heterocycles. The van der Waals surface area contributed by atoms with Crippen molar-refractivity contribution in [2.24, 2.45) is 5.14 Å². The van der Waals surface area contributed by atoms with Crippen LogP contribution in [0.1, 0.15) is 45.8 Å². The van der Waals surface area contributed by atoms with Crippen molar-refractivity contribution in [3.05, 3.63) is 101 Å². The third kappa shape index (κ3) is 6.89. The van der Waals surface area contributed by atoms with Crippen LogP contribution in [0.3, 0.4) is 0 Å². The Kier molecular flexibility index (Phi) is 8.36. The van der Waals surface area contributed by atoms with Gasteiger partial charge in [-0.15, -0.1) is 0 Å². The number of alkyl halides is 3. The van der Waals surface area contributed by atoms with Crippen molar-refractivity contribution in [2.45, 2.75) is 43.1 Å². The molecule has 0 fully saturated rings. The number of aliphatic hydroxyl groups is 1. The fraction of sp³-hybridized carbons (Fsp3) is 0.250. The highest BCUT2D eigenvalue weighted by atomic mass is 32.2. The second kappa shape index (κ2) is 11.4. The molecule has 0 saturated heterocycles. The molecule has 4 aromatic rings. The Morgan fingerprint density at radius 3 is 2.33 bits per heavy atom. The van der Waals surface area contributed by atoms with Gasteiger partial charge in [-0.25, -0.2) is 18.4 Å². The number of fused-ring (bicyclic) bond motifs is 1. The molecule has 8 nitrogen and oxygen atoms in total. The predicted molar refractivity (Wildman–Crippen MR) is 143 cm³/mol. The lowest BCUT2D eigenvalue weighted by Crippen LogP contribution is -2.32. The van der Waals surface area contributed by atoms with Crippen LogP contribution < -0.4 is 10.5 Å². The Morgan fingerprint density at radius 1 is 1.02 bits per heavy atom. The number of sulfonamides is 1. The zero-order valence-corrected chi connectivity index (χ0v) is 22.2. The van der Waals surface area contributed by atoms with Gasteiger partial charge < -0.3 is 20.1 Å². The molecule has 0 saturated carbocycles. The number of aromatic carboxylic acids is 1. The highest BCUT2D eigenvalue weighted by Gasteiger charge is 2.30. The first-order valence-electron chi connectivity index (χ1n) is 12.3. The van der Waals surface area contributed by atoms with Crippen LogP contribution >= 0.6 is 0 Å². The molecule has 0 amide bonds. The van der Waals surface area contributed by atoms with Crippen molar-refractivity contribution in [2.75, 3.05) is 6.54 Å². The van der Waals surface area contributed by atoms with Crippen LogP contribution in [0.25, 0.3) is 10.9 Å². The largest absolute Gasteiger partial charge is 0.477 e. The SMILES string of the molecule is CC(Cc1ccc2c(c1)cc(C(=O)O)n2Cc1ccc(S(N)(=O)=O)cc1)NCC(O)c1cccc(C(F)(F)F)c1. The van der Waals surface area contributed by atoms with E-state index in [1.54, 1.807) is 28.8 Å². The highest BCUT2D eigenvalue weighted by Crippen LogP contribution is 2.31. The van der Waals surface area contributed by atoms with Crippen LogP contribution in [0.2, 0.25) is 0 Å². The van der Waals surface area contributed by atoms with Crippen LogP contribution in [-0.4, -0.2) is 41.8 Å². The number of nitrogens with two attached hydrogens (primary N) is 1. The standard InChI is InChI=1S/C28H28F3N3O5S/c1-17(33-15-26(35)20-3-2-4-22(13-20)28(29,30)31)11-19-7-10-24-21(12-19)14-25(27(36)37)34(24)16-18-5-8-23(9-6-18)40(32,38)39/h2-10,12-14,17,26,33,35H,11,15-16H2,1H3,(H,36,37)(H2,32,38,39). The average Bonchev–Trinajstić information content (AvgIpc) is 3.24. The maximum Gasteiger partial charge on any atom is 0.416 e. The molecule has 3 aromatic carbocycles. The van der Waals surface area contributed by atoms with Crippen molar-refractivity contribution in [3.8, 4) is 0 Å². The van der Waals surface area contributed by atoms with Crippen molar-refractivity contribution < 1.29 is 36.6 Å². The van der Waals surface area contributed by atoms with Crippen LogP contribution in [0.15, 0.2) is 77.7 Å². The van der Waals surface area contributed by atoms with E-state index in [9.17, 15) is 36.6 Å². The third-order valence-electron chi connectivity index (χ3n) is 6.58. The number of nitrogens with one attached hydrogen (secondary N) is 1. The lowest BCUT2D eigenvalue weighted by atomic mass is 10.0. The Morgan fingerprint density at radius 2 is 1.70 bits per heavy atom. The van der Waals surface area contributed by atoms with E-state index in [0.717, 1.165) is 17.7 Å². The van der Waals surface area contributed by atoms with E-state index in [2.05, 4.69) is 5.32 Å². The maximum atomic E-state index is 13.0. The molecular weight excluding hydrogens is 547 g/mol. The number of carboxylic acids is 1. The number of hydrogen-bond acceptors (Lipinski definition) is 5. The molecule has 2 atom stereocenters. The second-order valence-electron chi connectivity index (χ2n) is 9.66. The van der Waals surface area contributed by atoms with Gasteiger partial charge in [-0.2, -0.15) is 13.2 Å². The van der Waals surface area contributed by atoms with Crippen molar-refractivity contribution >= 4 is 26.9 Å². The smallest absolute Gasteiger partial charge is 0.416 e. The molecule has 0 aliphatic carbocycles. The van der Waals surface area contributed by atoms with Gasteiger partial charge in [-0.05, 0) is 72.5 Å². The molecular formula is C28H28F3N3O5S. The van der Waals surface area contributed by atoms with Gasteiger partial charge in [0.25, 0.3) is 0 Å². The van der Waals surface area contributed by atoms with Crippen LogP contribution in [0, 0.1) is 0 Å². The fourth-order valence-corrected chi connectivity index (χ4v) is 5.06. The highest BCUT2D eigenvalue weighted by molar-refractivity contribution is 7.89. The first-order valence-corrected chi connectivity index (χ1v) is 13.8. The molecule has 0 bridgehead atoms. The molecule has 2 unspecified atom stereocenters. The van der Waals surface area contributed by atoms with E-state index in [4.69, 9.17) is 5.14 Å². The average molecular weight is 576 g/mol. The molecule has 1 heterocycles. The number of benzene rings is 3. The van der Waals surface area contributed by atoms with Gasteiger partial charge in [-0.3, -0.25) is 0 Å². The number of aromatic nitrogens is 1. The van der Waals surface area contributed by atoms with Crippen molar-refractivity contribution in [3.63, 3.8) is 0 Å². The first-order chi connectivity index (χ1) is 18.7. The van der Waals surface area contributed by atoms with Crippen LogP contribution in [0.4, 0.5) is 13.2 Å². The summed E-state index contributed by atoms with van der Waals surface area (Å²) in [5, 5.41) is 29.2. The van der Waals surface area contributed by atoms with Crippen molar-refractivity contribution in [1.82, 2.24) is 9.88 Å². The number of carboxylic acid groups (broad SMARTS) is 1. The lowest BCUT2D eigenvalue weighted by Gasteiger charge is -2.18. The summed E-state index contributed by atoms with van der Waals surface area (Å²) >= 11 is 0. The number of halogens is 3. The van der Waals surface area contributed by atoms with Gasteiger partial charge in [0.1, 0.15) is 5.69 Å². The molecule has 4 rings (SSSR count). The molecule has 12 heteroatoms. The van der Waals surface area contributed by atoms with Gasteiger partial charge in [-0.1, -0.05) is 30.3 Å². The fourth-order valence-electron chi connectivity index (χ4n) is 4.54. The van der Waals surface area contributed by atoms with Crippen molar-refractivity contribution in [1.29, 1.82) is 0 Å². The van der Waals surface area contributed by atoms with E-state index in [0.29, 0.717) is 22.9 Å². The molecule has 5 N–H and O–H groups in total. The maximum absolute atomic E-state index is 13.0. The number of nitrogens with zero attached hydrogens (tertiary/aromatic N) is 1. The topological polar surface area (TPSA) is 135 Å². The quantitative estimate of drug-likeness (QED) is 0.223. The summed E-state index contributed by atoms with van der Waals surface area (Å²) in [6.07, 6.45) is -5.10. The lowest BCUT2D eigenvalue weighted by molar-refractivity contribution is -0.137. The molecule has 0 radical (unpaired) electrons. The van der Waals surface area contributed by atoms with E-state index < -0.39 is 33.8 Å². The molecule has 212 valence electrons. The number of rotatable bonds is 10. The summed E-state index contributed by atoms with van der Waals surface area (Å²) in [7, 11) is -3.84. The summed E-state index contributed by atoms with van der Waals surface area (Å²) in [6.45, 7) is 2.12. The summed E-state index contributed by atoms with van der Waals surface area (Å²) < 4.78 is 63.6. The number of aliphatic hydroxyl groups excluding tert-OH is 1. The summed E-state index contributed by atoms with van der Waals surface area (Å²) in [5.41, 5.74) is 1.67. The number of hydrogen-bond donors (Lipinski definition) is 4. The van der Waals surface area contributed by atoms with Gasteiger partial charge in [0.15, 0.2) is 0 Å². The minimum Gasteiger partial charge on any atom is -0.477 e. The minimum absolute atomic E-state index is 0.0400.